The zero-order valence-corrected chi connectivity index (χ0v) is 14.1. The first-order valence-electron chi connectivity index (χ1n) is 8.80. The molecule has 0 unspecified atom stereocenters. The third kappa shape index (κ3) is 2.30. The molecule has 0 bridgehead atoms. The van der Waals surface area contributed by atoms with E-state index < -0.39 is 0 Å². The molecule has 1 N–H and O–H groups in total. The lowest BCUT2D eigenvalue weighted by Gasteiger charge is -2.61. The van der Waals surface area contributed by atoms with Crippen LogP contribution in [0.2, 0.25) is 0 Å². The number of nitrogens with one attached hydrogen (secondary N) is 1. The van der Waals surface area contributed by atoms with Crippen LogP contribution in [0.4, 0.5) is 4.79 Å². The zero-order valence-electron chi connectivity index (χ0n) is 14.1. The van der Waals surface area contributed by atoms with Crippen molar-refractivity contribution < 1.29 is 4.79 Å². The maximum atomic E-state index is 12.9. The van der Waals surface area contributed by atoms with Crippen LogP contribution in [0.25, 0.3) is 0 Å². The Morgan fingerprint density at radius 1 is 1.29 bits per heavy atom. The molecule has 0 radical (unpaired) electrons. The third-order valence-electron chi connectivity index (χ3n) is 5.78. The van der Waals surface area contributed by atoms with Crippen LogP contribution in [-0.2, 0) is 19.1 Å². The Bertz CT molecular complexity index is 726. The second-order valence-electron chi connectivity index (χ2n) is 6.95. The molecule has 1 aliphatic carbocycles. The Balaban J connectivity index is 1.54. The van der Waals surface area contributed by atoms with Gasteiger partial charge in [0.15, 0.2) is 0 Å². The van der Waals surface area contributed by atoms with Crippen LogP contribution in [0.3, 0.4) is 0 Å². The van der Waals surface area contributed by atoms with Crippen LogP contribution in [0.1, 0.15) is 36.9 Å². The van der Waals surface area contributed by atoms with Crippen molar-refractivity contribution >= 4 is 6.03 Å². The van der Waals surface area contributed by atoms with E-state index in [1.807, 2.05) is 19.2 Å². The minimum absolute atomic E-state index is 0.0400. The van der Waals surface area contributed by atoms with Gasteiger partial charge < -0.3 is 10.2 Å². The molecule has 126 valence electrons. The molecule has 5 heteroatoms. The Kier molecular flexibility index (Phi) is 3.79. The predicted molar refractivity (Wildman–Crippen MR) is 92.2 cm³/mol. The summed E-state index contributed by atoms with van der Waals surface area (Å²) in [5, 5.41) is 7.23. The van der Waals surface area contributed by atoms with E-state index in [1.165, 1.54) is 24.8 Å². The van der Waals surface area contributed by atoms with Crippen LogP contribution in [-0.4, -0.2) is 27.3 Å². The summed E-state index contributed by atoms with van der Waals surface area (Å²) in [5.74, 6) is 0.594. The topological polar surface area (TPSA) is 50.2 Å². The number of carbonyl (C=O) groups excluding carboxylic acids is 1. The molecule has 2 aliphatic rings. The Hall–Kier alpha value is -2.30. The fraction of sp³-hybridized carbons (Fsp3) is 0.474. The van der Waals surface area contributed by atoms with Gasteiger partial charge in [0.1, 0.15) is 0 Å². The van der Waals surface area contributed by atoms with Gasteiger partial charge in [0.05, 0.1) is 17.8 Å². The van der Waals surface area contributed by atoms with Crippen molar-refractivity contribution in [1.29, 1.82) is 0 Å². The molecule has 1 aromatic heterocycles. The quantitative estimate of drug-likeness (QED) is 0.943. The average Bonchev–Trinajstić information content (AvgIpc) is 3.00. The molecular formula is C19H24N4O. The Labute approximate surface area is 142 Å². The first-order chi connectivity index (χ1) is 11.7. The van der Waals surface area contributed by atoms with E-state index in [0.29, 0.717) is 12.5 Å². The normalized spacial score (nSPS) is 25.7. The molecule has 24 heavy (non-hydrogen) atoms. The molecule has 2 heterocycles. The number of hydrogen-bond donors (Lipinski definition) is 1. The van der Waals surface area contributed by atoms with Crippen molar-refractivity contribution in [2.45, 2.75) is 37.8 Å². The van der Waals surface area contributed by atoms with Crippen LogP contribution in [0.15, 0.2) is 42.6 Å². The van der Waals surface area contributed by atoms with Crippen LogP contribution >= 0.6 is 0 Å². The highest BCUT2D eigenvalue weighted by Crippen LogP contribution is 2.53. The number of hydrogen-bond acceptors (Lipinski definition) is 2. The molecular weight excluding hydrogens is 300 g/mol. The molecule has 2 aromatic rings. The highest BCUT2D eigenvalue weighted by Gasteiger charge is 2.56. The second-order valence-corrected chi connectivity index (χ2v) is 6.95. The van der Waals surface area contributed by atoms with Gasteiger partial charge in [0.2, 0.25) is 0 Å². The molecule has 1 saturated carbocycles. The van der Waals surface area contributed by atoms with Gasteiger partial charge in [-0.1, -0.05) is 43.2 Å². The SMILES string of the molecule is Cn1nccc1CNC(=O)N1C[C@@H]2CCCC[C@]21c1ccccc1. The van der Waals surface area contributed by atoms with E-state index >= 15 is 0 Å². The zero-order chi connectivity index (χ0) is 16.6. The summed E-state index contributed by atoms with van der Waals surface area (Å²) in [7, 11) is 1.90. The summed E-state index contributed by atoms with van der Waals surface area (Å²) in [4.78, 5) is 14.9. The maximum Gasteiger partial charge on any atom is 0.318 e. The second kappa shape index (κ2) is 5.96. The summed E-state index contributed by atoms with van der Waals surface area (Å²) in [6.45, 7) is 1.38. The number of benzene rings is 1. The number of carbonyl (C=O) groups is 1. The summed E-state index contributed by atoms with van der Waals surface area (Å²) in [5.41, 5.74) is 2.20. The van der Waals surface area contributed by atoms with E-state index in [1.54, 1.807) is 10.9 Å². The monoisotopic (exact) mass is 324 g/mol. The molecule has 0 spiro atoms. The maximum absolute atomic E-state index is 12.9. The summed E-state index contributed by atoms with van der Waals surface area (Å²) < 4.78 is 1.80. The van der Waals surface area contributed by atoms with Gasteiger partial charge in [-0.2, -0.15) is 5.10 Å². The molecule has 1 aromatic carbocycles. The van der Waals surface area contributed by atoms with Crippen molar-refractivity contribution in [1.82, 2.24) is 20.0 Å². The Morgan fingerprint density at radius 2 is 2.12 bits per heavy atom. The van der Waals surface area contributed by atoms with E-state index in [-0.39, 0.29) is 11.6 Å². The fourth-order valence-corrected chi connectivity index (χ4v) is 4.46. The number of urea groups is 1. The van der Waals surface area contributed by atoms with Crippen molar-refractivity contribution in [2.24, 2.45) is 13.0 Å². The molecule has 5 nitrogen and oxygen atoms in total. The molecule has 1 saturated heterocycles. The van der Waals surface area contributed by atoms with Gasteiger partial charge in [-0.3, -0.25) is 4.68 Å². The highest BCUT2D eigenvalue weighted by molar-refractivity contribution is 5.77. The number of aromatic nitrogens is 2. The first kappa shape index (κ1) is 15.2. The lowest BCUT2D eigenvalue weighted by molar-refractivity contribution is -0.0794. The number of likely N-dealkylation sites (tertiary alicyclic amines) is 1. The van der Waals surface area contributed by atoms with Gasteiger partial charge in [-0.25, -0.2) is 4.79 Å². The lowest BCUT2D eigenvalue weighted by atomic mass is 9.62. The van der Waals surface area contributed by atoms with E-state index in [9.17, 15) is 4.79 Å². The standard InChI is InChI=1S/C19H24N4O/c1-22-17(10-12-21-22)13-20-18(24)23-14-16-9-5-6-11-19(16,23)15-7-3-2-4-8-15/h2-4,7-8,10,12,16H,5-6,9,11,13-14H2,1H3,(H,20,24)/t16-,19-/m0/s1. The van der Waals surface area contributed by atoms with Crippen LogP contribution in [0.5, 0.6) is 0 Å². The number of aryl methyl sites for hydroxylation is 1. The average molecular weight is 324 g/mol. The van der Waals surface area contributed by atoms with Crippen LogP contribution in [0, 0.1) is 5.92 Å². The van der Waals surface area contributed by atoms with E-state index in [4.69, 9.17) is 0 Å². The number of rotatable bonds is 3. The van der Waals surface area contributed by atoms with E-state index in [0.717, 1.165) is 18.7 Å². The van der Waals surface area contributed by atoms with Crippen molar-refractivity contribution in [2.75, 3.05) is 6.54 Å². The molecule has 1 aliphatic heterocycles. The van der Waals surface area contributed by atoms with Crippen molar-refractivity contribution in [3.05, 3.63) is 53.9 Å². The van der Waals surface area contributed by atoms with Gasteiger partial charge >= 0.3 is 6.03 Å². The van der Waals surface area contributed by atoms with Crippen molar-refractivity contribution in [3.63, 3.8) is 0 Å². The van der Waals surface area contributed by atoms with Crippen molar-refractivity contribution in [3.8, 4) is 0 Å². The largest absolute Gasteiger partial charge is 0.332 e. The van der Waals surface area contributed by atoms with Gasteiger partial charge in [0.25, 0.3) is 0 Å². The van der Waals surface area contributed by atoms with Gasteiger partial charge in [0, 0.05) is 25.7 Å². The number of fused-ring (bicyclic) bond motifs is 1. The molecule has 2 fully saturated rings. The fourth-order valence-electron chi connectivity index (χ4n) is 4.46. The lowest BCUT2D eigenvalue weighted by Crippen LogP contribution is -2.69. The molecule has 2 amide bonds. The third-order valence-corrected chi connectivity index (χ3v) is 5.78. The summed E-state index contributed by atoms with van der Waals surface area (Å²) in [6, 6.07) is 12.5. The predicted octanol–water partition coefficient (Wildman–Crippen LogP) is 3.03. The Morgan fingerprint density at radius 3 is 2.83 bits per heavy atom. The molecule has 4 rings (SSSR count). The minimum Gasteiger partial charge on any atom is -0.332 e. The van der Waals surface area contributed by atoms with Gasteiger partial charge in [-0.05, 0) is 24.5 Å². The van der Waals surface area contributed by atoms with Gasteiger partial charge in [-0.15, -0.1) is 0 Å². The molecule has 2 atom stereocenters. The number of amides is 2. The smallest absolute Gasteiger partial charge is 0.318 e. The van der Waals surface area contributed by atoms with Crippen LogP contribution < -0.4 is 5.32 Å². The minimum atomic E-state index is -0.101. The summed E-state index contributed by atoms with van der Waals surface area (Å²) >= 11 is 0. The summed E-state index contributed by atoms with van der Waals surface area (Å²) in [6.07, 6.45) is 6.52. The van der Waals surface area contributed by atoms with E-state index in [2.05, 4.69) is 39.6 Å². The number of nitrogens with zero attached hydrogens (tertiary/aromatic N) is 3. The highest BCUT2D eigenvalue weighted by atomic mass is 16.2. The first-order valence-corrected chi connectivity index (χ1v) is 8.80.